The van der Waals surface area contributed by atoms with E-state index in [9.17, 15) is 18.5 Å². The van der Waals surface area contributed by atoms with Crippen LogP contribution < -0.4 is 9.46 Å². The van der Waals surface area contributed by atoms with Gasteiger partial charge in [-0.3, -0.25) is 9.52 Å². The van der Waals surface area contributed by atoms with Gasteiger partial charge in [-0.2, -0.15) is 5.26 Å². The van der Waals surface area contributed by atoms with E-state index in [4.69, 9.17) is 4.74 Å². The Morgan fingerprint density at radius 2 is 1.82 bits per heavy atom. The van der Waals surface area contributed by atoms with Crippen molar-refractivity contribution in [3.8, 4) is 11.8 Å². The molecule has 0 saturated carbocycles. The number of nitrogens with one attached hydrogen (secondary N) is 1. The number of hydrogen-bond donors (Lipinski definition) is 1. The van der Waals surface area contributed by atoms with Crippen molar-refractivity contribution in [2.24, 2.45) is 0 Å². The van der Waals surface area contributed by atoms with Gasteiger partial charge in [0.05, 0.1) is 18.2 Å². The molecule has 34 heavy (non-hydrogen) atoms. The molecule has 2 unspecified atom stereocenters. The number of nitrogens with zero attached hydrogens (tertiary/aromatic N) is 2. The molecule has 0 spiro atoms. The highest BCUT2D eigenvalue weighted by Crippen LogP contribution is 2.34. The summed E-state index contributed by atoms with van der Waals surface area (Å²) in [4.78, 5) is 15.0. The second-order valence-electron chi connectivity index (χ2n) is 8.10. The number of carbonyl (C=O) groups is 1. The summed E-state index contributed by atoms with van der Waals surface area (Å²) in [6, 6.07) is 22.4. The van der Waals surface area contributed by atoms with Crippen LogP contribution in [0.3, 0.4) is 0 Å². The summed E-state index contributed by atoms with van der Waals surface area (Å²) >= 11 is 0. The number of benzene rings is 3. The van der Waals surface area contributed by atoms with Crippen LogP contribution in [0.5, 0.6) is 5.75 Å². The van der Waals surface area contributed by atoms with Crippen LogP contribution in [0.2, 0.25) is 0 Å². The van der Waals surface area contributed by atoms with Crippen molar-refractivity contribution in [1.29, 1.82) is 5.26 Å². The number of nitriles is 1. The minimum Gasteiger partial charge on any atom is -0.480 e. The van der Waals surface area contributed by atoms with E-state index in [0.717, 1.165) is 5.56 Å². The number of ether oxygens (including phenoxy) is 1. The quantitative estimate of drug-likeness (QED) is 0.561. The lowest BCUT2D eigenvalue weighted by atomic mass is 10.0. The molecule has 0 saturated heterocycles. The molecule has 1 aliphatic rings. The van der Waals surface area contributed by atoms with Crippen LogP contribution in [0.15, 0.2) is 77.7 Å². The Bertz CT molecular complexity index is 1350. The maximum atomic E-state index is 13.3. The van der Waals surface area contributed by atoms with E-state index in [0.29, 0.717) is 23.4 Å². The summed E-state index contributed by atoms with van der Waals surface area (Å²) in [5, 5.41) is 9.29. The number of amides is 1. The topological polar surface area (TPSA) is 99.5 Å². The lowest BCUT2D eigenvalue weighted by Gasteiger charge is -2.30. The predicted octanol–water partition coefficient (Wildman–Crippen LogP) is 4.62. The molecule has 7 nitrogen and oxygen atoms in total. The van der Waals surface area contributed by atoms with Crippen molar-refractivity contribution >= 4 is 21.6 Å². The third kappa shape index (κ3) is 4.61. The molecule has 2 atom stereocenters. The van der Waals surface area contributed by atoms with Crippen molar-refractivity contribution in [3.05, 3.63) is 89.5 Å². The fourth-order valence-corrected chi connectivity index (χ4v) is 5.24. The summed E-state index contributed by atoms with van der Waals surface area (Å²) < 4.78 is 34.5. The molecule has 0 bridgehead atoms. The number of hydrogen-bond acceptors (Lipinski definition) is 5. The molecule has 0 aromatic heterocycles. The standard InChI is InChI=1S/C26H25N3O4S/c1-3-23-26(30)29(18(2)19-9-5-4-6-10-19)17-21-15-22(13-14-24(21)33-23)28-34(31,32)25-12-8-7-11-20(25)16-27/h4-15,18,23,28H,3,17H2,1-2H3. The highest BCUT2D eigenvalue weighted by molar-refractivity contribution is 7.92. The third-order valence-corrected chi connectivity index (χ3v) is 7.34. The van der Waals surface area contributed by atoms with Crippen LogP contribution >= 0.6 is 0 Å². The van der Waals surface area contributed by atoms with Gasteiger partial charge in [0.1, 0.15) is 16.7 Å². The first-order valence-electron chi connectivity index (χ1n) is 11.0. The Balaban J connectivity index is 1.68. The van der Waals surface area contributed by atoms with Crippen molar-refractivity contribution in [3.63, 3.8) is 0 Å². The van der Waals surface area contributed by atoms with Gasteiger partial charge in [0.15, 0.2) is 6.10 Å². The van der Waals surface area contributed by atoms with Crippen molar-refractivity contribution in [1.82, 2.24) is 4.90 Å². The molecule has 0 radical (unpaired) electrons. The van der Waals surface area contributed by atoms with Crippen molar-refractivity contribution in [2.45, 2.75) is 43.9 Å². The molecule has 1 amide bonds. The van der Waals surface area contributed by atoms with Gasteiger partial charge in [-0.1, -0.05) is 49.4 Å². The lowest BCUT2D eigenvalue weighted by Crippen LogP contribution is -2.40. The van der Waals surface area contributed by atoms with Crippen molar-refractivity contribution in [2.75, 3.05) is 4.72 Å². The van der Waals surface area contributed by atoms with Gasteiger partial charge in [0, 0.05) is 11.3 Å². The minimum atomic E-state index is -3.98. The summed E-state index contributed by atoms with van der Waals surface area (Å²) in [7, 11) is -3.98. The normalized spacial score (nSPS) is 16.6. The molecular weight excluding hydrogens is 450 g/mol. The van der Waals surface area contributed by atoms with Gasteiger partial charge >= 0.3 is 0 Å². The first-order valence-corrected chi connectivity index (χ1v) is 12.5. The average Bonchev–Trinajstić information content (AvgIpc) is 2.99. The van der Waals surface area contributed by atoms with E-state index in [1.165, 1.54) is 12.1 Å². The Kier molecular flexibility index (Phi) is 6.57. The number of sulfonamides is 1. The molecule has 4 rings (SSSR count). The fraction of sp³-hybridized carbons (Fsp3) is 0.231. The highest BCUT2D eigenvalue weighted by Gasteiger charge is 2.33. The third-order valence-electron chi connectivity index (χ3n) is 5.90. The largest absolute Gasteiger partial charge is 0.480 e. The first kappa shape index (κ1) is 23.3. The molecule has 0 aliphatic carbocycles. The fourth-order valence-electron chi connectivity index (χ4n) is 4.03. The number of anilines is 1. The first-order chi connectivity index (χ1) is 16.3. The maximum absolute atomic E-state index is 13.3. The van der Waals surface area contributed by atoms with Crippen LogP contribution in [0.4, 0.5) is 5.69 Å². The Hall–Kier alpha value is -3.83. The SMILES string of the molecule is CCC1Oc2ccc(NS(=O)(=O)c3ccccc3C#N)cc2CN(C(C)c2ccccc2)C1=O. The van der Waals surface area contributed by atoms with Crippen LogP contribution in [0.25, 0.3) is 0 Å². The number of carbonyl (C=O) groups excluding carboxylic acids is 1. The second-order valence-corrected chi connectivity index (χ2v) is 9.75. The zero-order valence-corrected chi connectivity index (χ0v) is 19.7. The average molecular weight is 476 g/mol. The van der Waals surface area contributed by atoms with Crippen molar-refractivity contribution < 1.29 is 17.9 Å². The summed E-state index contributed by atoms with van der Waals surface area (Å²) in [5.74, 6) is 0.434. The summed E-state index contributed by atoms with van der Waals surface area (Å²) in [6.45, 7) is 4.13. The Morgan fingerprint density at radius 3 is 2.53 bits per heavy atom. The van der Waals surface area contributed by atoms with E-state index in [1.54, 1.807) is 35.2 Å². The van der Waals surface area contributed by atoms with Crippen LogP contribution in [0, 0.1) is 11.3 Å². The molecular formula is C26H25N3O4S. The van der Waals surface area contributed by atoms with Crippen LogP contribution in [-0.2, 0) is 21.4 Å². The van der Waals surface area contributed by atoms with E-state index in [1.807, 2.05) is 50.2 Å². The molecule has 3 aromatic rings. The highest BCUT2D eigenvalue weighted by atomic mass is 32.2. The molecule has 1 N–H and O–H groups in total. The lowest BCUT2D eigenvalue weighted by molar-refractivity contribution is -0.140. The van der Waals surface area contributed by atoms with Gasteiger partial charge < -0.3 is 9.64 Å². The van der Waals surface area contributed by atoms with Crippen LogP contribution in [0.1, 0.15) is 43.0 Å². The van der Waals surface area contributed by atoms with Gasteiger partial charge in [-0.15, -0.1) is 0 Å². The van der Waals surface area contributed by atoms with Gasteiger partial charge in [0.25, 0.3) is 15.9 Å². The molecule has 174 valence electrons. The van der Waals surface area contributed by atoms with Gasteiger partial charge in [-0.05, 0) is 49.2 Å². The molecule has 8 heteroatoms. The molecule has 1 heterocycles. The van der Waals surface area contributed by atoms with Crippen LogP contribution in [-0.4, -0.2) is 25.3 Å². The number of fused-ring (bicyclic) bond motifs is 1. The Labute approximate surface area is 199 Å². The van der Waals surface area contributed by atoms with E-state index < -0.39 is 16.1 Å². The Morgan fingerprint density at radius 1 is 1.12 bits per heavy atom. The minimum absolute atomic E-state index is 0.0624. The molecule has 1 aliphatic heterocycles. The molecule has 0 fully saturated rings. The monoisotopic (exact) mass is 475 g/mol. The second kappa shape index (κ2) is 9.57. The maximum Gasteiger partial charge on any atom is 0.264 e. The summed E-state index contributed by atoms with van der Waals surface area (Å²) in [6.07, 6.45) is -0.118. The zero-order valence-electron chi connectivity index (χ0n) is 18.9. The number of rotatable bonds is 6. The zero-order chi connectivity index (χ0) is 24.3. The van der Waals surface area contributed by atoms with E-state index >= 15 is 0 Å². The van der Waals surface area contributed by atoms with Gasteiger partial charge in [-0.25, -0.2) is 8.42 Å². The smallest absolute Gasteiger partial charge is 0.264 e. The molecule has 3 aromatic carbocycles. The van der Waals surface area contributed by atoms with Gasteiger partial charge in [0.2, 0.25) is 0 Å². The predicted molar refractivity (Wildman–Crippen MR) is 129 cm³/mol. The van der Waals surface area contributed by atoms with E-state index in [2.05, 4.69) is 4.72 Å². The summed E-state index contributed by atoms with van der Waals surface area (Å²) in [5.41, 5.74) is 2.08. The van der Waals surface area contributed by atoms with E-state index in [-0.39, 0.29) is 29.0 Å².